The molecule has 0 spiro atoms. The summed E-state index contributed by atoms with van der Waals surface area (Å²) in [4.78, 5) is 16.1. The molecule has 6 nitrogen and oxygen atoms in total. The highest BCUT2D eigenvalue weighted by atomic mass is 35.5. The fraction of sp³-hybridized carbons (Fsp3) is 0.400. The van der Waals surface area contributed by atoms with Crippen LogP contribution in [0.3, 0.4) is 0 Å². The second-order valence-electron chi connectivity index (χ2n) is 7.63. The lowest BCUT2D eigenvalue weighted by Crippen LogP contribution is -2.44. The van der Waals surface area contributed by atoms with Gasteiger partial charge in [-0.15, -0.1) is 6.58 Å². The lowest BCUT2D eigenvalue weighted by Gasteiger charge is -2.31. The Morgan fingerprint density at radius 3 is 2.12 bits per heavy atom. The maximum absolute atomic E-state index is 13.8. The van der Waals surface area contributed by atoms with Crippen LogP contribution in [0.2, 0.25) is 5.02 Å². The van der Waals surface area contributed by atoms with Crippen molar-refractivity contribution >= 4 is 29.1 Å². The number of hydrogen-bond donors (Lipinski definition) is 3. The summed E-state index contributed by atoms with van der Waals surface area (Å²) in [7, 11) is 0. The third-order valence-electron chi connectivity index (χ3n) is 4.99. The van der Waals surface area contributed by atoms with Crippen molar-refractivity contribution in [2.75, 3.05) is 6.54 Å². The predicted molar refractivity (Wildman–Crippen MR) is 137 cm³/mol. The number of amides is 1. The van der Waals surface area contributed by atoms with Crippen LogP contribution >= 0.6 is 11.6 Å². The fourth-order valence-electron chi connectivity index (χ4n) is 3.52. The molecule has 1 amide bonds. The summed E-state index contributed by atoms with van der Waals surface area (Å²) in [6, 6.07) is 7.00. The Morgan fingerprint density at radius 1 is 1.18 bits per heavy atom. The topological polar surface area (TPSA) is 91.9 Å². The quantitative estimate of drug-likeness (QED) is 0.223. The lowest BCUT2D eigenvalue weighted by atomic mass is 9.90. The Kier molecular flexibility index (Phi) is 12.8. The number of benzene rings is 1. The van der Waals surface area contributed by atoms with Gasteiger partial charge in [0.05, 0.1) is 5.57 Å². The fourth-order valence-corrected chi connectivity index (χ4v) is 3.65. The first-order valence-corrected chi connectivity index (χ1v) is 11.4. The van der Waals surface area contributed by atoms with Crippen molar-refractivity contribution in [1.82, 2.24) is 10.6 Å². The summed E-state index contributed by atoms with van der Waals surface area (Å²) < 4.78 is 13.8. The molecule has 1 saturated carbocycles. The highest BCUT2D eigenvalue weighted by molar-refractivity contribution is 6.32. The van der Waals surface area contributed by atoms with Crippen LogP contribution in [-0.2, 0) is 4.79 Å². The summed E-state index contributed by atoms with van der Waals surface area (Å²) in [5.74, 6) is 0.359. The molecular formula is C25H35ClFN5O. The minimum atomic E-state index is -0.157. The highest BCUT2D eigenvalue weighted by Gasteiger charge is 2.26. The summed E-state index contributed by atoms with van der Waals surface area (Å²) in [6.45, 7) is 12.8. The number of nitrogens with one attached hydrogen (secondary N) is 2. The van der Waals surface area contributed by atoms with E-state index in [1.54, 1.807) is 37.3 Å². The third kappa shape index (κ3) is 9.22. The van der Waals surface area contributed by atoms with Gasteiger partial charge in [0, 0.05) is 34.9 Å². The van der Waals surface area contributed by atoms with Crippen LogP contribution in [0.4, 0.5) is 4.48 Å². The van der Waals surface area contributed by atoms with Gasteiger partial charge in [0.15, 0.2) is 0 Å². The van der Waals surface area contributed by atoms with Gasteiger partial charge in [-0.05, 0) is 64.7 Å². The molecule has 0 saturated heterocycles. The molecule has 2 rings (SSSR count). The molecule has 0 heterocycles. The summed E-state index contributed by atoms with van der Waals surface area (Å²) in [5, 5.41) is 9.93. The van der Waals surface area contributed by atoms with E-state index in [2.05, 4.69) is 34.0 Å². The van der Waals surface area contributed by atoms with Crippen LogP contribution in [0.1, 0.15) is 52.0 Å². The largest absolute Gasteiger partial charge is 0.402 e. The summed E-state index contributed by atoms with van der Waals surface area (Å²) in [5.41, 5.74) is 7.65. The Hall–Kier alpha value is -2.93. The van der Waals surface area contributed by atoms with E-state index in [0.29, 0.717) is 34.2 Å². The zero-order valence-corrected chi connectivity index (χ0v) is 20.5. The van der Waals surface area contributed by atoms with Gasteiger partial charge in [-0.2, -0.15) is 0 Å². The summed E-state index contributed by atoms with van der Waals surface area (Å²) in [6.07, 6.45) is 6.37. The smallest absolute Gasteiger partial charge is 0.243 e. The number of aliphatic imine (C=N–C) groups is 1. The average molecular weight is 476 g/mol. The van der Waals surface area contributed by atoms with Crippen molar-refractivity contribution < 1.29 is 9.28 Å². The number of nitrogens with zero attached hydrogens (tertiary/aromatic N) is 2. The number of hydrogen-bond acceptors (Lipinski definition) is 4. The maximum atomic E-state index is 13.8. The minimum absolute atomic E-state index is 0.110. The van der Waals surface area contributed by atoms with Crippen LogP contribution in [0.25, 0.3) is 0 Å². The molecule has 1 aliphatic rings. The average Bonchev–Trinajstić information content (AvgIpc) is 2.79. The monoisotopic (exact) mass is 475 g/mol. The Labute approximate surface area is 201 Å². The molecule has 1 aromatic carbocycles. The first-order valence-electron chi connectivity index (χ1n) is 11.0. The minimum Gasteiger partial charge on any atom is -0.402 e. The molecule has 4 N–H and O–H groups in total. The van der Waals surface area contributed by atoms with Gasteiger partial charge >= 0.3 is 0 Å². The van der Waals surface area contributed by atoms with E-state index in [1.165, 1.54) is 6.08 Å². The molecule has 0 aromatic heterocycles. The molecule has 33 heavy (non-hydrogen) atoms. The predicted octanol–water partition coefficient (Wildman–Crippen LogP) is 5.06. The Balaban J connectivity index is 0.00000172. The van der Waals surface area contributed by atoms with E-state index < -0.39 is 0 Å². The first kappa shape index (κ1) is 28.1. The van der Waals surface area contributed by atoms with Gasteiger partial charge in [0.2, 0.25) is 5.91 Å². The van der Waals surface area contributed by atoms with Crippen molar-refractivity contribution in [3.8, 4) is 0 Å². The standard InChI is InChI=1S/C22H29ClFN5O.C3H6/c1-4-19(30)27-17-10-12-18(13-11-17)28-22(26-5-2)20(14(3)25)21(29-24)15-6-8-16(23)9-7-15;1-3-2/h4,6-9,17-18H,1,5,10-13,25H2,2-3H3,(H,26,28)(H,27,30);3H,1H2,2H3/b20-14+,29-21+;. The van der Waals surface area contributed by atoms with Crippen molar-refractivity contribution in [2.45, 2.75) is 58.5 Å². The molecule has 1 aromatic rings. The second kappa shape index (κ2) is 15.0. The van der Waals surface area contributed by atoms with Gasteiger partial charge < -0.3 is 16.4 Å². The number of amidine groups is 1. The molecule has 8 heteroatoms. The van der Waals surface area contributed by atoms with Crippen molar-refractivity contribution in [1.29, 1.82) is 0 Å². The van der Waals surface area contributed by atoms with Gasteiger partial charge in [-0.25, -0.2) is 0 Å². The van der Waals surface area contributed by atoms with Gasteiger partial charge in [0.25, 0.3) is 0 Å². The summed E-state index contributed by atoms with van der Waals surface area (Å²) >= 11 is 5.96. The number of carbonyl (C=O) groups excluding carboxylic acids is 1. The van der Waals surface area contributed by atoms with Gasteiger partial charge in [-0.3, -0.25) is 9.79 Å². The van der Waals surface area contributed by atoms with Crippen LogP contribution in [-0.4, -0.2) is 36.1 Å². The molecule has 0 bridgehead atoms. The first-order chi connectivity index (χ1) is 15.8. The molecule has 0 unspecified atom stereocenters. The van der Waals surface area contributed by atoms with Crippen molar-refractivity contribution in [3.63, 3.8) is 0 Å². The number of rotatable bonds is 7. The number of allylic oxidation sites excluding steroid dienone is 2. The van der Waals surface area contributed by atoms with Gasteiger partial charge in [-0.1, -0.05) is 46.1 Å². The SMILES string of the molecule is C=CC.C=CC(=O)NC1CCC(NC(=NCC)C(/C(=N/F)c2ccc(Cl)cc2)=C(\C)N)CC1. The third-order valence-corrected chi connectivity index (χ3v) is 5.24. The van der Waals surface area contributed by atoms with Crippen LogP contribution in [0.15, 0.2) is 71.1 Å². The van der Waals surface area contributed by atoms with Crippen LogP contribution in [0, 0.1) is 0 Å². The van der Waals surface area contributed by atoms with Gasteiger partial charge in [0.1, 0.15) is 11.5 Å². The second-order valence-corrected chi connectivity index (χ2v) is 8.07. The van der Waals surface area contributed by atoms with Crippen LogP contribution in [0.5, 0.6) is 0 Å². The molecule has 0 aliphatic heterocycles. The van der Waals surface area contributed by atoms with E-state index >= 15 is 0 Å². The lowest BCUT2D eigenvalue weighted by molar-refractivity contribution is -0.117. The Bertz CT molecular complexity index is 881. The molecule has 0 atom stereocenters. The Morgan fingerprint density at radius 2 is 1.70 bits per heavy atom. The van der Waals surface area contributed by atoms with E-state index in [1.807, 2.05) is 13.8 Å². The number of halogens is 2. The number of nitrogens with two attached hydrogens (primary N) is 1. The molecular weight excluding hydrogens is 441 g/mol. The molecule has 1 fully saturated rings. The van der Waals surface area contributed by atoms with Crippen LogP contribution < -0.4 is 16.4 Å². The normalized spacial score (nSPS) is 19.4. The molecule has 0 radical (unpaired) electrons. The zero-order chi connectivity index (χ0) is 24.8. The van der Waals surface area contributed by atoms with E-state index in [9.17, 15) is 9.28 Å². The molecule has 1 aliphatic carbocycles. The maximum Gasteiger partial charge on any atom is 0.243 e. The zero-order valence-electron chi connectivity index (χ0n) is 19.7. The molecule has 180 valence electrons. The van der Waals surface area contributed by atoms with E-state index in [0.717, 1.165) is 25.7 Å². The van der Waals surface area contributed by atoms with E-state index in [4.69, 9.17) is 17.3 Å². The van der Waals surface area contributed by atoms with E-state index in [-0.39, 0.29) is 23.7 Å². The van der Waals surface area contributed by atoms with Crippen molar-refractivity contribution in [3.05, 3.63) is 71.4 Å². The van der Waals surface area contributed by atoms with Crippen molar-refractivity contribution in [2.24, 2.45) is 15.9 Å². The number of carbonyl (C=O) groups is 1. The highest BCUT2D eigenvalue weighted by Crippen LogP contribution is 2.21.